The number of hydrogen-bond donors (Lipinski definition) is 1. The van der Waals surface area contributed by atoms with Crippen molar-refractivity contribution >= 4 is 22.4 Å². The smallest absolute Gasteiger partial charge is 0.312 e. The Kier molecular flexibility index (Phi) is 3.25. The minimum atomic E-state index is -0.264. The Balaban J connectivity index is 2.45. The van der Waals surface area contributed by atoms with E-state index in [1.54, 1.807) is 5.38 Å². The highest BCUT2D eigenvalue weighted by atomic mass is 32.1. The van der Waals surface area contributed by atoms with Crippen LogP contribution in [0.25, 0.3) is 0 Å². The molecule has 0 saturated carbocycles. The lowest BCUT2D eigenvalue weighted by atomic mass is 10.3. The molecule has 0 fully saturated rings. The van der Waals surface area contributed by atoms with Crippen molar-refractivity contribution in [1.82, 2.24) is 4.98 Å². The van der Waals surface area contributed by atoms with E-state index in [1.165, 1.54) is 11.3 Å². The van der Waals surface area contributed by atoms with Crippen LogP contribution in [0.3, 0.4) is 0 Å². The fourth-order valence-corrected chi connectivity index (χ4v) is 1.42. The first-order chi connectivity index (χ1) is 6.08. The van der Waals surface area contributed by atoms with E-state index in [9.17, 15) is 4.79 Å². The molecule has 0 amide bonds. The van der Waals surface area contributed by atoms with Gasteiger partial charge < -0.3 is 10.5 Å². The normalized spacial score (nSPS) is 10.4. The number of carbonyl (C=O) groups excluding carboxylic acids is 1. The topological polar surface area (TPSA) is 65.2 Å². The van der Waals surface area contributed by atoms with Gasteiger partial charge in [-0.3, -0.25) is 4.79 Å². The van der Waals surface area contributed by atoms with E-state index < -0.39 is 0 Å². The van der Waals surface area contributed by atoms with Gasteiger partial charge in [-0.05, 0) is 13.8 Å². The molecule has 0 unspecified atom stereocenters. The average molecular weight is 200 g/mol. The molecule has 1 rings (SSSR count). The van der Waals surface area contributed by atoms with Crippen molar-refractivity contribution in [3.63, 3.8) is 0 Å². The summed E-state index contributed by atoms with van der Waals surface area (Å²) >= 11 is 1.32. The highest BCUT2D eigenvalue weighted by molar-refractivity contribution is 7.13. The van der Waals surface area contributed by atoms with Gasteiger partial charge in [-0.25, -0.2) is 4.98 Å². The zero-order chi connectivity index (χ0) is 9.84. The number of thiazole rings is 1. The number of hydrogen-bond acceptors (Lipinski definition) is 5. The molecule has 0 aliphatic rings. The first kappa shape index (κ1) is 9.98. The summed E-state index contributed by atoms with van der Waals surface area (Å²) in [5.74, 6) is -0.264. The van der Waals surface area contributed by atoms with Crippen LogP contribution in [0.2, 0.25) is 0 Å². The lowest BCUT2D eigenvalue weighted by Gasteiger charge is -2.05. The van der Waals surface area contributed by atoms with Gasteiger partial charge in [0.25, 0.3) is 0 Å². The van der Waals surface area contributed by atoms with Crippen LogP contribution in [0.4, 0.5) is 5.13 Å². The van der Waals surface area contributed by atoms with Crippen LogP contribution in [0, 0.1) is 0 Å². The Morgan fingerprint density at radius 2 is 2.46 bits per heavy atom. The summed E-state index contributed by atoms with van der Waals surface area (Å²) in [7, 11) is 0. The molecule has 0 saturated heterocycles. The minimum absolute atomic E-state index is 0.0801. The van der Waals surface area contributed by atoms with Crippen molar-refractivity contribution in [3.05, 3.63) is 11.1 Å². The molecule has 13 heavy (non-hydrogen) atoms. The maximum Gasteiger partial charge on any atom is 0.312 e. The third-order valence-electron chi connectivity index (χ3n) is 1.26. The number of carbonyl (C=O) groups is 1. The molecule has 0 spiro atoms. The van der Waals surface area contributed by atoms with Crippen LogP contribution in [0.1, 0.15) is 19.5 Å². The Bertz CT molecular complexity index is 296. The third kappa shape index (κ3) is 3.42. The third-order valence-corrected chi connectivity index (χ3v) is 1.98. The number of esters is 1. The summed E-state index contributed by atoms with van der Waals surface area (Å²) in [6.07, 6.45) is 0.120. The second kappa shape index (κ2) is 4.23. The number of rotatable bonds is 3. The van der Waals surface area contributed by atoms with E-state index in [-0.39, 0.29) is 18.5 Å². The standard InChI is InChI=1S/C8H12N2O2S/c1-5(2)12-7(11)3-6-4-13-8(9)10-6/h4-5H,3H2,1-2H3,(H2,9,10). The summed E-state index contributed by atoms with van der Waals surface area (Å²) in [5.41, 5.74) is 6.09. The summed E-state index contributed by atoms with van der Waals surface area (Å²) in [5, 5.41) is 2.24. The maximum atomic E-state index is 11.1. The Morgan fingerprint density at radius 3 is 2.92 bits per heavy atom. The fraction of sp³-hybridized carbons (Fsp3) is 0.500. The molecule has 0 aromatic carbocycles. The second-order valence-electron chi connectivity index (χ2n) is 2.89. The monoisotopic (exact) mass is 200 g/mol. The Hall–Kier alpha value is -1.10. The van der Waals surface area contributed by atoms with Crippen molar-refractivity contribution < 1.29 is 9.53 Å². The highest BCUT2D eigenvalue weighted by Gasteiger charge is 2.08. The predicted molar refractivity (Wildman–Crippen MR) is 51.5 cm³/mol. The zero-order valence-electron chi connectivity index (χ0n) is 7.61. The van der Waals surface area contributed by atoms with Crippen molar-refractivity contribution in [3.8, 4) is 0 Å². The molecule has 1 heterocycles. The van der Waals surface area contributed by atoms with Gasteiger partial charge in [-0.2, -0.15) is 0 Å². The van der Waals surface area contributed by atoms with Crippen molar-refractivity contribution in [2.24, 2.45) is 0 Å². The molecule has 72 valence electrons. The lowest BCUT2D eigenvalue weighted by Crippen LogP contribution is -2.13. The van der Waals surface area contributed by atoms with Gasteiger partial charge in [-0.1, -0.05) is 0 Å². The second-order valence-corrected chi connectivity index (χ2v) is 3.78. The van der Waals surface area contributed by atoms with Crippen LogP contribution >= 0.6 is 11.3 Å². The summed E-state index contributed by atoms with van der Waals surface area (Å²) in [6, 6.07) is 0. The van der Waals surface area contributed by atoms with E-state index in [0.717, 1.165) is 0 Å². The molecular weight excluding hydrogens is 188 g/mol. The van der Waals surface area contributed by atoms with Gasteiger partial charge in [0.05, 0.1) is 18.2 Å². The zero-order valence-corrected chi connectivity index (χ0v) is 8.43. The van der Waals surface area contributed by atoms with Crippen LogP contribution in [-0.4, -0.2) is 17.1 Å². The Morgan fingerprint density at radius 1 is 1.77 bits per heavy atom. The predicted octanol–water partition coefficient (Wildman–Crippen LogP) is 1.22. The van der Waals surface area contributed by atoms with Crippen molar-refractivity contribution in [2.45, 2.75) is 26.4 Å². The number of nitrogen functional groups attached to an aromatic ring is 1. The minimum Gasteiger partial charge on any atom is -0.463 e. The highest BCUT2D eigenvalue weighted by Crippen LogP contribution is 2.11. The van der Waals surface area contributed by atoms with Gasteiger partial charge >= 0.3 is 5.97 Å². The molecule has 0 aliphatic heterocycles. The molecule has 2 N–H and O–H groups in total. The van der Waals surface area contributed by atoms with Gasteiger partial charge in [0.1, 0.15) is 0 Å². The maximum absolute atomic E-state index is 11.1. The number of nitrogens with two attached hydrogens (primary N) is 1. The molecule has 1 aromatic heterocycles. The molecule has 1 aromatic rings. The molecule has 0 bridgehead atoms. The quantitative estimate of drug-likeness (QED) is 0.745. The molecular formula is C8H12N2O2S. The molecule has 4 nitrogen and oxygen atoms in total. The van der Waals surface area contributed by atoms with Gasteiger partial charge in [0.15, 0.2) is 5.13 Å². The van der Waals surface area contributed by atoms with Gasteiger partial charge in [-0.15, -0.1) is 11.3 Å². The van der Waals surface area contributed by atoms with Crippen LogP contribution in [0.5, 0.6) is 0 Å². The Labute approximate surface area is 80.7 Å². The SMILES string of the molecule is CC(C)OC(=O)Cc1csc(N)n1. The number of nitrogens with zero attached hydrogens (tertiary/aromatic N) is 1. The fourth-order valence-electron chi connectivity index (χ4n) is 0.856. The van der Waals surface area contributed by atoms with E-state index in [1.807, 2.05) is 13.8 Å². The van der Waals surface area contributed by atoms with E-state index in [4.69, 9.17) is 10.5 Å². The van der Waals surface area contributed by atoms with E-state index in [2.05, 4.69) is 4.98 Å². The van der Waals surface area contributed by atoms with Gasteiger partial charge in [0.2, 0.25) is 0 Å². The van der Waals surface area contributed by atoms with E-state index in [0.29, 0.717) is 10.8 Å². The largest absolute Gasteiger partial charge is 0.463 e. The summed E-state index contributed by atoms with van der Waals surface area (Å²) in [4.78, 5) is 15.1. The first-order valence-electron chi connectivity index (χ1n) is 3.97. The van der Waals surface area contributed by atoms with Crippen molar-refractivity contribution in [2.75, 3.05) is 5.73 Å². The van der Waals surface area contributed by atoms with Gasteiger partial charge in [0, 0.05) is 5.38 Å². The number of aromatic nitrogens is 1. The first-order valence-corrected chi connectivity index (χ1v) is 4.85. The lowest BCUT2D eigenvalue weighted by molar-refractivity contribution is -0.146. The van der Waals surface area contributed by atoms with Crippen LogP contribution in [-0.2, 0) is 16.0 Å². The summed E-state index contributed by atoms with van der Waals surface area (Å²) in [6.45, 7) is 3.63. The average Bonchev–Trinajstić information content (AvgIpc) is 2.33. The molecule has 0 radical (unpaired) electrons. The molecule has 5 heteroatoms. The number of ether oxygens (including phenoxy) is 1. The van der Waals surface area contributed by atoms with Crippen molar-refractivity contribution in [1.29, 1.82) is 0 Å². The van der Waals surface area contributed by atoms with Crippen LogP contribution < -0.4 is 5.73 Å². The molecule has 0 atom stereocenters. The number of anilines is 1. The summed E-state index contributed by atoms with van der Waals surface area (Å²) < 4.78 is 4.95. The van der Waals surface area contributed by atoms with E-state index >= 15 is 0 Å². The molecule has 0 aliphatic carbocycles. The van der Waals surface area contributed by atoms with Crippen LogP contribution in [0.15, 0.2) is 5.38 Å².